The number of carbonyl (C=O) groups is 1. The summed E-state index contributed by atoms with van der Waals surface area (Å²) in [4.78, 5) is 11.4. The summed E-state index contributed by atoms with van der Waals surface area (Å²) in [6, 6.07) is 0. The molecule has 1 saturated carbocycles. The Bertz CT molecular complexity index is 358. The van der Waals surface area contributed by atoms with Crippen LogP contribution in [0, 0.1) is 12.8 Å². The lowest BCUT2D eigenvalue weighted by Gasteiger charge is -2.05. The van der Waals surface area contributed by atoms with Crippen LogP contribution in [0.2, 0.25) is 0 Å². The van der Waals surface area contributed by atoms with Crippen LogP contribution in [0.5, 0.6) is 0 Å². The molecular formula is C12H18N2OS. The molecule has 0 spiro atoms. The van der Waals surface area contributed by atoms with Crippen LogP contribution in [-0.4, -0.2) is 19.0 Å². The predicted molar refractivity (Wildman–Crippen MR) is 66.5 cm³/mol. The smallest absolute Gasteiger partial charge is 0.233 e. The van der Waals surface area contributed by atoms with Crippen LogP contribution in [0.1, 0.15) is 24.0 Å². The van der Waals surface area contributed by atoms with Crippen molar-refractivity contribution >= 4 is 17.2 Å². The molecule has 1 aliphatic rings. The summed E-state index contributed by atoms with van der Waals surface area (Å²) in [6.45, 7) is 4.16. The summed E-state index contributed by atoms with van der Waals surface area (Å²) in [6.07, 6.45) is 2.56. The summed E-state index contributed by atoms with van der Waals surface area (Å²) in [5.41, 5.74) is 2.59. The highest BCUT2D eigenvalue weighted by molar-refractivity contribution is 7.08. The average Bonchev–Trinajstić information content (AvgIpc) is 3.01. The minimum Gasteiger partial charge on any atom is -0.355 e. The van der Waals surface area contributed by atoms with Crippen LogP contribution in [0.3, 0.4) is 0 Å². The lowest BCUT2D eigenvalue weighted by molar-refractivity contribution is -0.120. The first-order valence-corrected chi connectivity index (χ1v) is 6.69. The van der Waals surface area contributed by atoms with Gasteiger partial charge in [0.2, 0.25) is 5.91 Å². The van der Waals surface area contributed by atoms with Crippen molar-refractivity contribution in [1.82, 2.24) is 10.6 Å². The fraction of sp³-hybridized carbons (Fsp3) is 0.583. The van der Waals surface area contributed by atoms with Gasteiger partial charge in [-0.05, 0) is 47.6 Å². The third-order valence-corrected chi connectivity index (χ3v) is 3.76. The number of nitrogens with one attached hydrogen (secondary N) is 2. The molecule has 1 heterocycles. The molecule has 1 fully saturated rings. The fourth-order valence-electron chi connectivity index (χ4n) is 1.52. The molecule has 1 aliphatic carbocycles. The summed E-state index contributed by atoms with van der Waals surface area (Å²) < 4.78 is 0. The van der Waals surface area contributed by atoms with Gasteiger partial charge in [0.15, 0.2) is 0 Å². The standard InChI is InChI=1S/C12H18N2OS/c1-9-7-16-8-11(9)5-13-6-12(15)14-4-10-2-3-10/h7-8,10,13H,2-6H2,1H3,(H,14,15). The molecule has 0 unspecified atom stereocenters. The van der Waals surface area contributed by atoms with Gasteiger partial charge in [-0.3, -0.25) is 4.79 Å². The number of amides is 1. The summed E-state index contributed by atoms with van der Waals surface area (Å²) in [7, 11) is 0. The molecule has 16 heavy (non-hydrogen) atoms. The second-order valence-corrected chi connectivity index (χ2v) is 5.17. The van der Waals surface area contributed by atoms with Gasteiger partial charge in [0.25, 0.3) is 0 Å². The topological polar surface area (TPSA) is 41.1 Å². The van der Waals surface area contributed by atoms with Crippen molar-refractivity contribution < 1.29 is 4.79 Å². The zero-order valence-corrected chi connectivity index (χ0v) is 10.4. The zero-order chi connectivity index (χ0) is 11.4. The van der Waals surface area contributed by atoms with Gasteiger partial charge in [-0.25, -0.2) is 0 Å². The van der Waals surface area contributed by atoms with Crippen LogP contribution >= 0.6 is 11.3 Å². The number of hydrogen-bond donors (Lipinski definition) is 2. The van der Waals surface area contributed by atoms with Crippen LogP contribution in [0.4, 0.5) is 0 Å². The lowest BCUT2D eigenvalue weighted by atomic mass is 10.2. The number of carbonyl (C=O) groups excluding carboxylic acids is 1. The first kappa shape index (κ1) is 11.6. The third kappa shape index (κ3) is 3.61. The molecule has 0 saturated heterocycles. The molecule has 0 aromatic carbocycles. The van der Waals surface area contributed by atoms with E-state index in [-0.39, 0.29) is 5.91 Å². The van der Waals surface area contributed by atoms with E-state index in [1.54, 1.807) is 11.3 Å². The maximum absolute atomic E-state index is 11.4. The van der Waals surface area contributed by atoms with E-state index < -0.39 is 0 Å². The summed E-state index contributed by atoms with van der Waals surface area (Å²) in [5, 5.41) is 10.4. The average molecular weight is 238 g/mol. The Morgan fingerprint density at radius 3 is 2.94 bits per heavy atom. The van der Waals surface area contributed by atoms with Gasteiger partial charge in [0.1, 0.15) is 0 Å². The van der Waals surface area contributed by atoms with Gasteiger partial charge in [-0.15, -0.1) is 0 Å². The van der Waals surface area contributed by atoms with Crippen LogP contribution in [-0.2, 0) is 11.3 Å². The van der Waals surface area contributed by atoms with Gasteiger partial charge in [0.05, 0.1) is 6.54 Å². The first-order valence-electron chi connectivity index (χ1n) is 5.75. The molecule has 2 N–H and O–H groups in total. The number of hydrogen-bond acceptors (Lipinski definition) is 3. The molecule has 1 aromatic heterocycles. The second-order valence-electron chi connectivity index (χ2n) is 4.43. The van der Waals surface area contributed by atoms with Gasteiger partial charge >= 0.3 is 0 Å². The van der Waals surface area contributed by atoms with E-state index in [4.69, 9.17) is 0 Å². The molecule has 3 nitrogen and oxygen atoms in total. The van der Waals surface area contributed by atoms with Crippen LogP contribution in [0.25, 0.3) is 0 Å². The molecular weight excluding hydrogens is 220 g/mol. The van der Waals surface area contributed by atoms with Crippen molar-refractivity contribution in [3.05, 3.63) is 21.9 Å². The highest BCUT2D eigenvalue weighted by Crippen LogP contribution is 2.27. The number of rotatable bonds is 6. The Morgan fingerprint density at radius 1 is 1.50 bits per heavy atom. The quantitative estimate of drug-likeness (QED) is 0.791. The third-order valence-electron chi connectivity index (χ3n) is 2.85. The van der Waals surface area contributed by atoms with Crippen molar-refractivity contribution in [3.63, 3.8) is 0 Å². The lowest BCUT2D eigenvalue weighted by Crippen LogP contribution is -2.34. The van der Waals surface area contributed by atoms with E-state index in [1.165, 1.54) is 24.0 Å². The van der Waals surface area contributed by atoms with E-state index >= 15 is 0 Å². The zero-order valence-electron chi connectivity index (χ0n) is 9.58. The Kier molecular flexibility index (Phi) is 3.96. The molecule has 1 aromatic rings. The predicted octanol–water partition coefficient (Wildman–Crippen LogP) is 1.67. The van der Waals surface area contributed by atoms with E-state index in [2.05, 4.69) is 28.3 Å². The molecule has 2 rings (SSSR count). The van der Waals surface area contributed by atoms with Gasteiger partial charge < -0.3 is 10.6 Å². The van der Waals surface area contributed by atoms with E-state index in [1.807, 2.05) is 0 Å². The summed E-state index contributed by atoms with van der Waals surface area (Å²) in [5.74, 6) is 0.864. The second kappa shape index (κ2) is 5.46. The highest BCUT2D eigenvalue weighted by Gasteiger charge is 2.21. The number of aryl methyl sites for hydroxylation is 1. The Labute approximate surface area is 100 Å². The molecule has 0 radical (unpaired) electrons. The van der Waals surface area contributed by atoms with Gasteiger partial charge in [0, 0.05) is 13.1 Å². The largest absolute Gasteiger partial charge is 0.355 e. The maximum Gasteiger partial charge on any atom is 0.233 e. The van der Waals surface area contributed by atoms with E-state index in [9.17, 15) is 4.79 Å². The normalized spacial score (nSPS) is 15.1. The van der Waals surface area contributed by atoms with Crippen LogP contribution < -0.4 is 10.6 Å². The Hall–Kier alpha value is -0.870. The van der Waals surface area contributed by atoms with Gasteiger partial charge in [-0.1, -0.05) is 0 Å². The van der Waals surface area contributed by atoms with Crippen molar-refractivity contribution in [3.8, 4) is 0 Å². The molecule has 88 valence electrons. The summed E-state index contributed by atoms with van der Waals surface area (Å²) >= 11 is 1.71. The Balaban J connectivity index is 1.59. The molecule has 1 amide bonds. The molecule has 0 bridgehead atoms. The SMILES string of the molecule is Cc1cscc1CNCC(=O)NCC1CC1. The first-order chi connectivity index (χ1) is 7.75. The van der Waals surface area contributed by atoms with Crippen LogP contribution in [0.15, 0.2) is 10.8 Å². The van der Waals surface area contributed by atoms with Gasteiger partial charge in [-0.2, -0.15) is 11.3 Å². The minimum absolute atomic E-state index is 0.111. The molecule has 0 atom stereocenters. The van der Waals surface area contributed by atoms with E-state index in [0.29, 0.717) is 6.54 Å². The Morgan fingerprint density at radius 2 is 2.31 bits per heavy atom. The highest BCUT2D eigenvalue weighted by atomic mass is 32.1. The van der Waals surface area contributed by atoms with E-state index in [0.717, 1.165) is 19.0 Å². The van der Waals surface area contributed by atoms with Crippen molar-refractivity contribution in [2.45, 2.75) is 26.3 Å². The monoisotopic (exact) mass is 238 g/mol. The number of thiophene rings is 1. The van der Waals surface area contributed by atoms with Crippen molar-refractivity contribution in [2.75, 3.05) is 13.1 Å². The van der Waals surface area contributed by atoms with Crippen molar-refractivity contribution in [1.29, 1.82) is 0 Å². The molecule has 0 aliphatic heterocycles. The van der Waals surface area contributed by atoms with Crippen molar-refractivity contribution in [2.24, 2.45) is 5.92 Å². The fourth-order valence-corrected chi connectivity index (χ4v) is 2.38. The molecule has 4 heteroatoms. The minimum atomic E-state index is 0.111. The maximum atomic E-state index is 11.4.